The molecule has 1 amide bonds. The van der Waals surface area contributed by atoms with E-state index in [1.165, 1.54) is 7.11 Å². The molecular formula is C18H16F2N2O3. The number of carbonyl (C=O) groups excluding carboxylic acids is 2. The Morgan fingerprint density at radius 1 is 1.24 bits per heavy atom. The molecule has 1 heterocycles. The summed E-state index contributed by atoms with van der Waals surface area (Å²) in [4.78, 5) is 25.9. The third kappa shape index (κ3) is 3.45. The van der Waals surface area contributed by atoms with Gasteiger partial charge in [-0.05, 0) is 23.8 Å². The summed E-state index contributed by atoms with van der Waals surface area (Å²) in [7, 11) is 1.31. The molecule has 0 saturated carbocycles. The number of nitrogens with zero attached hydrogens (tertiary/aromatic N) is 1. The lowest BCUT2D eigenvalue weighted by atomic mass is 10.0. The monoisotopic (exact) mass is 346 g/mol. The summed E-state index contributed by atoms with van der Waals surface area (Å²) >= 11 is 0. The lowest BCUT2D eigenvalue weighted by Crippen LogP contribution is -2.33. The standard InChI is InChI=1S/C18H16F2N2O3/c1-25-18(24)13-9-22(16-5-3-2-4-12(13)16)10-17(23)21-15-8-11(19)6-7-14(15)20/h2-8,13H,9-10H2,1H3,(H,21,23)/t13-/m1/s1. The molecule has 1 atom stereocenters. The molecule has 1 aliphatic heterocycles. The summed E-state index contributed by atoms with van der Waals surface area (Å²) in [5, 5.41) is 2.35. The van der Waals surface area contributed by atoms with Crippen molar-refractivity contribution in [3.05, 3.63) is 59.7 Å². The van der Waals surface area contributed by atoms with Gasteiger partial charge in [-0.3, -0.25) is 9.59 Å². The van der Waals surface area contributed by atoms with Crippen LogP contribution in [0.15, 0.2) is 42.5 Å². The molecule has 2 aromatic rings. The first-order valence-electron chi connectivity index (χ1n) is 7.66. The summed E-state index contributed by atoms with van der Waals surface area (Å²) in [5.74, 6) is -2.74. The van der Waals surface area contributed by atoms with Gasteiger partial charge in [-0.25, -0.2) is 8.78 Å². The zero-order valence-electron chi connectivity index (χ0n) is 13.5. The summed E-state index contributed by atoms with van der Waals surface area (Å²) in [6, 6.07) is 10.1. The molecule has 25 heavy (non-hydrogen) atoms. The van der Waals surface area contributed by atoms with Crippen molar-refractivity contribution in [2.45, 2.75) is 5.92 Å². The first-order chi connectivity index (χ1) is 12.0. The van der Waals surface area contributed by atoms with Gasteiger partial charge >= 0.3 is 5.97 Å². The van der Waals surface area contributed by atoms with Gasteiger partial charge in [0.25, 0.3) is 0 Å². The SMILES string of the molecule is COC(=O)[C@@H]1CN(CC(=O)Nc2cc(F)ccc2F)c2ccccc21. The molecular weight excluding hydrogens is 330 g/mol. The fraction of sp³-hybridized carbons (Fsp3) is 0.222. The van der Waals surface area contributed by atoms with Crippen LogP contribution in [0.4, 0.5) is 20.2 Å². The number of para-hydroxylation sites is 1. The molecule has 0 spiro atoms. The quantitative estimate of drug-likeness (QED) is 0.865. The smallest absolute Gasteiger partial charge is 0.315 e. The molecule has 0 unspecified atom stereocenters. The Hall–Kier alpha value is -2.96. The molecule has 130 valence electrons. The minimum absolute atomic E-state index is 0.0968. The minimum Gasteiger partial charge on any atom is -0.468 e. The van der Waals surface area contributed by atoms with Gasteiger partial charge in [-0.2, -0.15) is 0 Å². The van der Waals surface area contributed by atoms with Crippen molar-refractivity contribution < 1.29 is 23.1 Å². The topological polar surface area (TPSA) is 58.6 Å². The molecule has 0 aliphatic carbocycles. The van der Waals surface area contributed by atoms with E-state index in [0.29, 0.717) is 0 Å². The van der Waals surface area contributed by atoms with Crippen LogP contribution in [0.2, 0.25) is 0 Å². The molecule has 0 radical (unpaired) electrons. The lowest BCUT2D eigenvalue weighted by Gasteiger charge is -2.19. The average molecular weight is 346 g/mol. The van der Waals surface area contributed by atoms with Crippen LogP contribution in [0.3, 0.4) is 0 Å². The van der Waals surface area contributed by atoms with Gasteiger partial charge in [-0.15, -0.1) is 0 Å². The summed E-state index contributed by atoms with van der Waals surface area (Å²) in [5.41, 5.74) is 1.30. The summed E-state index contributed by atoms with van der Waals surface area (Å²) in [6.07, 6.45) is 0. The lowest BCUT2D eigenvalue weighted by molar-refractivity contribution is -0.142. The van der Waals surface area contributed by atoms with E-state index in [-0.39, 0.29) is 24.7 Å². The van der Waals surface area contributed by atoms with Crippen LogP contribution in [0.1, 0.15) is 11.5 Å². The fourth-order valence-electron chi connectivity index (χ4n) is 2.94. The number of methoxy groups -OCH3 is 1. The van der Waals surface area contributed by atoms with E-state index in [0.717, 1.165) is 29.4 Å². The van der Waals surface area contributed by atoms with Gasteiger partial charge in [0.15, 0.2) is 0 Å². The van der Waals surface area contributed by atoms with Crippen molar-refractivity contribution in [2.24, 2.45) is 0 Å². The molecule has 1 N–H and O–H groups in total. The number of esters is 1. The molecule has 0 saturated heterocycles. The number of hydrogen-bond donors (Lipinski definition) is 1. The van der Waals surface area contributed by atoms with E-state index in [9.17, 15) is 18.4 Å². The van der Waals surface area contributed by atoms with Crippen molar-refractivity contribution >= 4 is 23.3 Å². The highest BCUT2D eigenvalue weighted by atomic mass is 19.1. The fourth-order valence-corrected chi connectivity index (χ4v) is 2.94. The Morgan fingerprint density at radius 3 is 2.76 bits per heavy atom. The molecule has 1 aliphatic rings. The van der Waals surface area contributed by atoms with Crippen LogP contribution < -0.4 is 10.2 Å². The number of ether oxygens (including phenoxy) is 1. The Kier molecular flexibility index (Phi) is 4.65. The van der Waals surface area contributed by atoms with E-state index >= 15 is 0 Å². The van der Waals surface area contributed by atoms with Crippen LogP contribution in [-0.4, -0.2) is 32.1 Å². The van der Waals surface area contributed by atoms with Crippen LogP contribution >= 0.6 is 0 Å². The van der Waals surface area contributed by atoms with Gasteiger partial charge in [0.05, 0.1) is 19.3 Å². The Balaban J connectivity index is 1.76. The maximum atomic E-state index is 13.6. The van der Waals surface area contributed by atoms with E-state index in [4.69, 9.17) is 4.74 Å². The zero-order valence-corrected chi connectivity index (χ0v) is 13.5. The van der Waals surface area contributed by atoms with Crippen LogP contribution in [0, 0.1) is 11.6 Å². The number of fused-ring (bicyclic) bond motifs is 1. The zero-order chi connectivity index (χ0) is 18.0. The molecule has 2 aromatic carbocycles. The number of anilines is 2. The van der Waals surface area contributed by atoms with Crippen molar-refractivity contribution in [1.29, 1.82) is 0 Å². The number of amides is 1. The maximum Gasteiger partial charge on any atom is 0.315 e. The predicted octanol–water partition coefficient (Wildman–Crippen LogP) is 2.68. The molecule has 0 fully saturated rings. The van der Waals surface area contributed by atoms with Crippen LogP contribution in [-0.2, 0) is 14.3 Å². The molecule has 3 rings (SSSR count). The number of carbonyl (C=O) groups is 2. The molecule has 0 bridgehead atoms. The third-order valence-electron chi connectivity index (χ3n) is 4.08. The average Bonchev–Trinajstić information content (AvgIpc) is 2.96. The number of nitrogens with one attached hydrogen (secondary N) is 1. The third-order valence-corrected chi connectivity index (χ3v) is 4.08. The van der Waals surface area contributed by atoms with Crippen molar-refractivity contribution in [1.82, 2.24) is 0 Å². The Morgan fingerprint density at radius 2 is 2.00 bits per heavy atom. The van der Waals surface area contributed by atoms with Gasteiger partial charge in [0.2, 0.25) is 5.91 Å². The van der Waals surface area contributed by atoms with Gasteiger partial charge in [0, 0.05) is 18.3 Å². The highest BCUT2D eigenvalue weighted by molar-refractivity contribution is 5.95. The summed E-state index contributed by atoms with van der Waals surface area (Å²) in [6.45, 7) is 0.186. The largest absolute Gasteiger partial charge is 0.468 e. The second kappa shape index (κ2) is 6.88. The van der Waals surface area contributed by atoms with Gasteiger partial charge < -0.3 is 15.0 Å². The molecule has 7 heteroatoms. The Bertz CT molecular complexity index is 826. The Labute approximate surface area is 143 Å². The van der Waals surface area contributed by atoms with E-state index in [1.807, 2.05) is 0 Å². The molecule has 0 aromatic heterocycles. The van der Waals surface area contributed by atoms with Crippen LogP contribution in [0.25, 0.3) is 0 Å². The van der Waals surface area contributed by atoms with Crippen molar-refractivity contribution in [2.75, 3.05) is 30.4 Å². The highest BCUT2D eigenvalue weighted by Gasteiger charge is 2.34. The van der Waals surface area contributed by atoms with E-state index < -0.39 is 23.5 Å². The number of hydrogen-bond acceptors (Lipinski definition) is 4. The highest BCUT2D eigenvalue weighted by Crippen LogP contribution is 2.36. The summed E-state index contributed by atoms with van der Waals surface area (Å²) < 4.78 is 31.7. The van der Waals surface area contributed by atoms with E-state index in [1.54, 1.807) is 29.2 Å². The number of rotatable bonds is 4. The van der Waals surface area contributed by atoms with Gasteiger partial charge in [-0.1, -0.05) is 18.2 Å². The number of benzene rings is 2. The number of halogens is 2. The second-order valence-corrected chi connectivity index (χ2v) is 5.69. The van der Waals surface area contributed by atoms with Crippen molar-refractivity contribution in [3.63, 3.8) is 0 Å². The van der Waals surface area contributed by atoms with Crippen molar-refractivity contribution in [3.8, 4) is 0 Å². The second-order valence-electron chi connectivity index (χ2n) is 5.69. The predicted molar refractivity (Wildman–Crippen MR) is 88.4 cm³/mol. The first kappa shape index (κ1) is 16.9. The molecule has 5 nitrogen and oxygen atoms in total. The van der Waals surface area contributed by atoms with Crippen LogP contribution in [0.5, 0.6) is 0 Å². The van der Waals surface area contributed by atoms with Gasteiger partial charge in [0.1, 0.15) is 17.6 Å². The van der Waals surface area contributed by atoms with E-state index in [2.05, 4.69) is 5.32 Å². The normalized spacial score (nSPS) is 15.6. The maximum absolute atomic E-state index is 13.6. The first-order valence-corrected chi connectivity index (χ1v) is 7.66. The minimum atomic E-state index is -0.719.